The Hall–Kier alpha value is -3.53. The highest BCUT2D eigenvalue weighted by molar-refractivity contribution is 6.30. The van der Waals surface area contributed by atoms with E-state index >= 15 is 0 Å². The van der Waals surface area contributed by atoms with E-state index in [1.807, 2.05) is 0 Å². The van der Waals surface area contributed by atoms with Gasteiger partial charge in [-0.15, -0.1) is 0 Å². The van der Waals surface area contributed by atoms with E-state index in [4.69, 9.17) is 11.6 Å². The third kappa shape index (κ3) is 6.01. The predicted octanol–water partition coefficient (Wildman–Crippen LogP) is 5.97. The molecule has 1 heterocycles. The fraction of sp³-hybridized carbons (Fsp3) is 0.143. The maximum Gasteiger partial charge on any atom is 0.387 e. The number of carbonyl (C=O) groups is 1. The highest BCUT2D eigenvalue weighted by Gasteiger charge is 2.19. The van der Waals surface area contributed by atoms with Gasteiger partial charge in [0.1, 0.15) is 0 Å². The van der Waals surface area contributed by atoms with Crippen molar-refractivity contribution in [3.8, 4) is 11.5 Å². The van der Waals surface area contributed by atoms with Crippen molar-refractivity contribution in [1.82, 2.24) is 4.98 Å². The van der Waals surface area contributed by atoms with Crippen molar-refractivity contribution in [3.05, 3.63) is 77.1 Å². The second-order valence-electron chi connectivity index (χ2n) is 6.30. The van der Waals surface area contributed by atoms with Crippen molar-refractivity contribution >= 4 is 28.9 Å². The van der Waals surface area contributed by atoms with Crippen LogP contribution in [0.4, 0.5) is 28.9 Å². The van der Waals surface area contributed by atoms with Crippen LogP contribution in [0.5, 0.6) is 11.5 Å². The highest BCUT2D eigenvalue weighted by atomic mass is 35.5. The molecule has 3 aromatic rings. The summed E-state index contributed by atoms with van der Waals surface area (Å²) in [6, 6.07) is 12.5. The van der Waals surface area contributed by atoms with Gasteiger partial charge in [-0.2, -0.15) is 17.6 Å². The van der Waals surface area contributed by atoms with Crippen LogP contribution in [-0.2, 0) is 6.54 Å². The Morgan fingerprint density at radius 1 is 0.969 bits per heavy atom. The van der Waals surface area contributed by atoms with Crippen molar-refractivity contribution in [3.63, 3.8) is 0 Å². The lowest BCUT2D eigenvalue weighted by molar-refractivity contribution is -0.0692. The minimum Gasteiger partial charge on any atom is -0.478 e. The number of benzene rings is 2. The van der Waals surface area contributed by atoms with Gasteiger partial charge in [-0.05, 0) is 42.5 Å². The molecule has 0 bridgehead atoms. The average molecular weight is 471 g/mol. The lowest BCUT2D eigenvalue weighted by Crippen LogP contribution is -2.18. The predicted molar refractivity (Wildman–Crippen MR) is 108 cm³/mol. The average Bonchev–Trinajstić information content (AvgIpc) is 2.73. The summed E-state index contributed by atoms with van der Waals surface area (Å²) in [5, 5.41) is 9.71. The third-order valence-corrected chi connectivity index (χ3v) is 4.41. The summed E-state index contributed by atoms with van der Waals surface area (Å²) in [6.45, 7) is -6.49. The highest BCUT2D eigenvalue weighted by Crippen LogP contribution is 2.37. The molecular formula is C21H15ClF4N2O4. The molecule has 2 aromatic carbocycles. The van der Waals surface area contributed by atoms with E-state index in [0.29, 0.717) is 16.4 Å². The standard InChI is InChI=1S/C21H15ClF4N2O4/c22-13-6-7-27-14(9-13)11-28(15-3-1-2-12(8-15)19(29)30)16-4-5-17(31-20(23)24)18(10-16)32-21(25)26/h1-10,20-21H,11H2,(H,29,30). The molecule has 0 unspecified atom stereocenters. The number of anilines is 2. The van der Waals surface area contributed by atoms with Crippen LogP contribution in [0, 0.1) is 0 Å². The van der Waals surface area contributed by atoms with Gasteiger partial charge in [0.15, 0.2) is 11.5 Å². The van der Waals surface area contributed by atoms with E-state index < -0.39 is 30.7 Å². The van der Waals surface area contributed by atoms with E-state index in [2.05, 4.69) is 14.5 Å². The zero-order valence-electron chi connectivity index (χ0n) is 16.1. The summed E-state index contributed by atoms with van der Waals surface area (Å²) in [5.41, 5.74) is 1.06. The topological polar surface area (TPSA) is 71.9 Å². The van der Waals surface area contributed by atoms with Gasteiger partial charge < -0.3 is 19.5 Å². The van der Waals surface area contributed by atoms with E-state index in [-0.39, 0.29) is 17.8 Å². The normalized spacial score (nSPS) is 11.0. The number of hydrogen-bond acceptors (Lipinski definition) is 5. The van der Waals surface area contributed by atoms with Crippen LogP contribution < -0.4 is 14.4 Å². The van der Waals surface area contributed by atoms with Crippen LogP contribution in [0.15, 0.2) is 60.8 Å². The molecule has 0 aliphatic heterocycles. The van der Waals surface area contributed by atoms with E-state index in [1.165, 1.54) is 35.4 Å². The first-order valence-electron chi connectivity index (χ1n) is 8.98. The molecule has 11 heteroatoms. The molecule has 32 heavy (non-hydrogen) atoms. The Morgan fingerprint density at radius 2 is 1.66 bits per heavy atom. The van der Waals surface area contributed by atoms with E-state index in [1.54, 1.807) is 18.2 Å². The number of halogens is 5. The Balaban J connectivity index is 2.09. The van der Waals surface area contributed by atoms with Gasteiger partial charge in [-0.25, -0.2) is 4.79 Å². The Morgan fingerprint density at radius 3 is 2.31 bits per heavy atom. The van der Waals surface area contributed by atoms with Crippen molar-refractivity contribution in [1.29, 1.82) is 0 Å². The van der Waals surface area contributed by atoms with Gasteiger partial charge in [0, 0.05) is 28.7 Å². The number of aromatic nitrogens is 1. The number of ether oxygens (including phenoxy) is 2. The molecule has 0 fully saturated rings. The Labute approximate surface area is 184 Å². The molecule has 1 aromatic heterocycles. The maximum absolute atomic E-state index is 12.9. The second kappa shape index (κ2) is 10.2. The number of carboxylic acid groups (broad SMARTS) is 1. The molecule has 0 saturated heterocycles. The summed E-state index contributed by atoms with van der Waals surface area (Å²) in [7, 11) is 0. The van der Waals surface area contributed by atoms with Gasteiger partial charge in [0.05, 0.1) is 17.8 Å². The van der Waals surface area contributed by atoms with Crippen molar-refractivity contribution in [2.24, 2.45) is 0 Å². The molecule has 6 nitrogen and oxygen atoms in total. The van der Waals surface area contributed by atoms with E-state index in [9.17, 15) is 27.5 Å². The monoisotopic (exact) mass is 470 g/mol. The molecule has 1 N–H and O–H groups in total. The van der Waals surface area contributed by atoms with Crippen molar-refractivity contribution < 1.29 is 36.9 Å². The van der Waals surface area contributed by atoms with Crippen LogP contribution in [0.1, 0.15) is 16.1 Å². The summed E-state index contributed by atoms with van der Waals surface area (Å²) < 4.78 is 59.6. The first-order chi connectivity index (χ1) is 15.2. The third-order valence-electron chi connectivity index (χ3n) is 4.17. The van der Waals surface area contributed by atoms with Crippen LogP contribution in [0.3, 0.4) is 0 Å². The van der Waals surface area contributed by atoms with Gasteiger partial charge in [0.25, 0.3) is 0 Å². The summed E-state index contributed by atoms with van der Waals surface area (Å²) in [4.78, 5) is 17.1. The van der Waals surface area contributed by atoms with Gasteiger partial charge in [0.2, 0.25) is 0 Å². The molecule has 0 saturated carbocycles. The fourth-order valence-electron chi connectivity index (χ4n) is 2.88. The number of nitrogens with zero attached hydrogens (tertiary/aromatic N) is 2. The maximum atomic E-state index is 12.9. The summed E-state index contributed by atoms with van der Waals surface area (Å²) >= 11 is 6.01. The van der Waals surface area contributed by atoms with Gasteiger partial charge in [-0.1, -0.05) is 17.7 Å². The lowest BCUT2D eigenvalue weighted by atomic mass is 10.1. The molecule has 0 atom stereocenters. The molecular weight excluding hydrogens is 456 g/mol. The van der Waals surface area contributed by atoms with Crippen molar-refractivity contribution in [2.45, 2.75) is 19.8 Å². The largest absolute Gasteiger partial charge is 0.478 e. The number of rotatable bonds is 9. The molecule has 3 rings (SSSR count). The summed E-state index contributed by atoms with van der Waals surface area (Å²) in [5.74, 6) is -2.37. The number of hydrogen-bond donors (Lipinski definition) is 1. The second-order valence-corrected chi connectivity index (χ2v) is 6.73. The number of carboxylic acids is 1. The number of alkyl halides is 4. The summed E-state index contributed by atoms with van der Waals surface area (Å²) in [6.07, 6.45) is 1.47. The minimum atomic E-state index is -3.29. The zero-order chi connectivity index (χ0) is 23.3. The first kappa shape index (κ1) is 23.1. The number of pyridine rings is 1. The van der Waals surface area contributed by atoms with Crippen LogP contribution in [0.2, 0.25) is 5.02 Å². The van der Waals surface area contributed by atoms with E-state index in [0.717, 1.165) is 12.1 Å². The number of aromatic carboxylic acids is 1. The Kier molecular flexibility index (Phi) is 7.37. The molecule has 0 spiro atoms. The lowest BCUT2D eigenvalue weighted by Gasteiger charge is -2.26. The molecule has 168 valence electrons. The molecule has 0 radical (unpaired) electrons. The zero-order valence-corrected chi connectivity index (χ0v) is 16.8. The molecule has 0 aliphatic rings. The smallest absolute Gasteiger partial charge is 0.387 e. The van der Waals surface area contributed by atoms with Crippen LogP contribution in [0.25, 0.3) is 0 Å². The minimum absolute atomic E-state index is 0.0201. The SMILES string of the molecule is O=C(O)c1cccc(N(Cc2cc(Cl)ccn2)c2ccc(OC(F)F)c(OC(F)F)c2)c1. The quantitative estimate of drug-likeness (QED) is 0.388. The molecule has 0 aliphatic carbocycles. The van der Waals surface area contributed by atoms with Crippen LogP contribution >= 0.6 is 11.6 Å². The van der Waals surface area contributed by atoms with Crippen LogP contribution in [-0.4, -0.2) is 29.3 Å². The Bertz CT molecular complexity index is 1100. The van der Waals surface area contributed by atoms with Gasteiger partial charge in [-0.3, -0.25) is 4.98 Å². The first-order valence-corrected chi connectivity index (χ1v) is 9.35. The van der Waals surface area contributed by atoms with Gasteiger partial charge >= 0.3 is 19.2 Å². The fourth-order valence-corrected chi connectivity index (χ4v) is 3.06. The molecule has 0 amide bonds. The van der Waals surface area contributed by atoms with Crippen molar-refractivity contribution in [2.75, 3.05) is 4.90 Å².